The number of carboxylic acids is 1. The van der Waals surface area contributed by atoms with Crippen molar-refractivity contribution in [1.29, 1.82) is 0 Å². The predicted molar refractivity (Wildman–Crippen MR) is 65.3 cm³/mol. The summed E-state index contributed by atoms with van der Waals surface area (Å²) in [5, 5.41) is 22.8. The Morgan fingerprint density at radius 1 is 1.33 bits per heavy atom. The molecule has 4 N–H and O–H groups in total. The Hall–Kier alpha value is -1.34. The molecular weight excluding hydrogens is 238 g/mol. The Balaban J connectivity index is 2.21. The number of urea groups is 1. The van der Waals surface area contributed by atoms with Crippen LogP contribution in [0.4, 0.5) is 4.79 Å². The molecule has 1 saturated heterocycles. The van der Waals surface area contributed by atoms with Gasteiger partial charge in [-0.15, -0.1) is 0 Å². The maximum absolute atomic E-state index is 11.4. The minimum Gasteiger partial charge on any atom is -0.480 e. The first kappa shape index (κ1) is 14.7. The van der Waals surface area contributed by atoms with E-state index in [9.17, 15) is 14.7 Å². The normalized spacial score (nSPS) is 19.2. The molecule has 0 unspecified atom stereocenters. The third-order valence-corrected chi connectivity index (χ3v) is 2.95. The molecule has 0 saturated carbocycles. The second-order valence-corrected chi connectivity index (χ2v) is 4.51. The lowest BCUT2D eigenvalue weighted by Gasteiger charge is -2.19. The van der Waals surface area contributed by atoms with Gasteiger partial charge in [0, 0.05) is 13.1 Å². The first-order valence-corrected chi connectivity index (χ1v) is 6.18. The number of rotatable bonds is 6. The second-order valence-electron chi connectivity index (χ2n) is 4.51. The summed E-state index contributed by atoms with van der Waals surface area (Å²) >= 11 is 0. The smallest absolute Gasteiger partial charge is 0.328 e. The molecule has 0 aliphatic carbocycles. The molecule has 1 fully saturated rings. The van der Waals surface area contributed by atoms with Crippen molar-refractivity contribution in [3.05, 3.63) is 0 Å². The van der Waals surface area contributed by atoms with E-state index in [2.05, 4.69) is 15.5 Å². The first-order chi connectivity index (χ1) is 8.50. The fourth-order valence-corrected chi connectivity index (χ4v) is 1.91. The highest BCUT2D eigenvalue weighted by molar-refractivity contribution is 5.82. The molecule has 0 aromatic carbocycles. The van der Waals surface area contributed by atoms with Crippen LogP contribution in [-0.2, 0) is 4.79 Å². The average Bonchev–Trinajstić information content (AvgIpc) is 2.78. The number of likely N-dealkylation sites (tertiary alicyclic amines) is 1. The number of amides is 2. The molecule has 1 aliphatic rings. The topological polar surface area (TPSA) is 102 Å². The zero-order valence-electron chi connectivity index (χ0n) is 10.6. The van der Waals surface area contributed by atoms with E-state index in [1.165, 1.54) is 19.8 Å². The van der Waals surface area contributed by atoms with Gasteiger partial charge in [0.05, 0.1) is 6.10 Å². The van der Waals surface area contributed by atoms with Crippen molar-refractivity contribution in [3.8, 4) is 0 Å². The number of hydrogen-bond donors (Lipinski definition) is 4. The van der Waals surface area contributed by atoms with Gasteiger partial charge < -0.3 is 25.7 Å². The van der Waals surface area contributed by atoms with Crippen LogP contribution in [0.15, 0.2) is 0 Å². The van der Waals surface area contributed by atoms with E-state index in [1.54, 1.807) is 0 Å². The van der Waals surface area contributed by atoms with Crippen LogP contribution >= 0.6 is 0 Å². The fraction of sp³-hybridized carbons (Fsp3) is 0.818. The predicted octanol–water partition coefficient (Wildman–Crippen LogP) is -0.785. The summed E-state index contributed by atoms with van der Waals surface area (Å²) in [6.07, 6.45) is 1.25. The van der Waals surface area contributed by atoms with E-state index < -0.39 is 24.1 Å². The van der Waals surface area contributed by atoms with Gasteiger partial charge in [0.2, 0.25) is 0 Å². The average molecular weight is 259 g/mol. The van der Waals surface area contributed by atoms with Crippen LogP contribution in [0.1, 0.15) is 19.8 Å². The van der Waals surface area contributed by atoms with E-state index in [-0.39, 0.29) is 0 Å². The van der Waals surface area contributed by atoms with Gasteiger partial charge in [0.1, 0.15) is 0 Å². The Bertz CT molecular complexity index is 290. The number of carboxylic acid groups (broad SMARTS) is 1. The number of carbonyl (C=O) groups is 2. The summed E-state index contributed by atoms with van der Waals surface area (Å²) in [6, 6.07) is -1.85. The highest BCUT2D eigenvalue weighted by atomic mass is 16.4. The van der Waals surface area contributed by atoms with Gasteiger partial charge in [-0.05, 0) is 32.9 Å². The van der Waals surface area contributed by atoms with Gasteiger partial charge in [-0.2, -0.15) is 0 Å². The third-order valence-electron chi connectivity index (χ3n) is 2.95. The van der Waals surface area contributed by atoms with Crippen molar-refractivity contribution in [2.75, 3.05) is 26.2 Å². The number of aliphatic carboxylic acids is 1. The molecule has 0 spiro atoms. The molecule has 0 bridgehead atoms. The van der Waals surface area contributed by atoms with Crippen LogP contribution in [-0.4, -0.2) is 65.4 Å². The van der Waals surface area contributed by atoms with Gasteiger partial charge in [0.25, 0.3) is 0 Å². The van der Waals surface area contributed by atoms with E-state index in [1.807, 2.05) is 0 Å². The van der Waals surface area contributed by atoms with Gasteiger partial charge in [0.15, 0.2) is 6.04 Å². The molecule has 0 aromatic heterocycles. The van der Waals surface area contributed by atoms with Gasteiger partial charge in [-0.3, -0.25) is 0 Å². The molecule has 1 heterocycles. The van der Waals surface area contributed by atoms with E-state index in [0.29, 0.717) is 6.54 Å². The highest BCUT2D eigenvalue weighted by Gasteiger charge is 2.24. The third kappa shape index (κ3) is 4.89. The minimum absolute atomic E-state index is 0.470. The van der Waals surface area contributed by atoms with Crippen LogP contribution in [0.3, 0.4) is 0 Å². The van der Waals surface area contributed by atoms with Crippen LogP contribution in [0.25, 0.3) is 0 Å². The van der Waals surface area contributed by atoms with Crippen molar-refractivity contribution in [3.63, 3.8) is 0 Å². The molecule has 0 aromatic rings. The zero-order chi connectivity index (χ0) is 13.5. The maximum Gasteiger partial charge on any atom is 0.328 e. The Morgan fingerprint density at radius 2 is 1.94 bits per heavy atom. The molecule has 0 radical (unpaired) electrons. The number of aliphatic hydroxyl groups is 1. The number of hydrogen-bond acceptors (Lipinski definition) is 4. The summed E-state index contributed by atoms with van der Waals surface area (Å²) in [6.45, 7) is 4.66. The van der Waals surface area contributed by atoms with Crippen molar-refractivity contribution >= 4 is 12.0 Å². The molecule has 2 atom stereocenters. The van der Waals surface area contributed by atoms with Gasteiger partial charge in [-0.1, -0.05) is 0 Å². The fourth-order valence-electron chi connectivity index (χ4n) is 1.91. The highest BCUT2D eigenvalue weighted by Crippen LogP contribution is 2.05. The first-order valence-electron chi connectivity index (χ1n) is 6.18. The number of nitrogens with zero attached hydrogens (tertiary/aromatic N) is 1. The quantitative estimate of drug-likeness (QED) is 0.501. The maximum atomic E-state index is 11.4. The summed E-state index contributed by atoms with van der Waals surface area (Å²) < 4.78 is 0. The SMILES string of the molecule is C[C@@H](O)[C@H](NC(=O)NCCN1CCCC1)C(=O)O. The molecule has 7 heteroatoms. The molecule has 1 rings (SSSR count). The molecule has 7 nitrogen and oxygen atoms in total. The van der Waals surface area contributed by atoms with Gasteiger partial charge in [-0.25, -0.2) is 9.59 Å². The monoisotopic (exact) mass is 259 g/mol. The van der Waals surface area contributed by atoms with Crippen LogP contribution < -0.4 is 10.6 Å². The summed E-state index contributed by atoms with van der Waals surface area (Å²) in [4.78, 5) is 24.4. The van der Waals surface area contributed by atoms with Crippen molar-refractivity contribution in [2.24, 2.45) is 0 Å². The molecule has 104 valence electrons. The largest absolute Gasteiger partial charge is 0.480 e. The Kier molecular flexibility index (Phi) is 5.87. The van der Waals surface area contributed by atoms with E-state index in [0.717, 1.165) is 19.6 Å². The van der Waals surface area contributed by atoms with Crippen molar-refractivity contribution in [2.45, 2.75) is 31.9 Å². The number of aliphatic hydroxyl groups excluding tert-OH is 1. The standard InChI is InChI=1S/C11H21N3O4/c1-8(15)9(10(16)17)13-11(18)12-4-7-14-5-2-3-6-14/h8-9,15H,2-7H2,1H3,(H,16,17)(H2,12,13,18)/t8-,9+/m1/s1. The minimum atomic E-state index is -1.28. The summed E-state index contributed by atoms with van der Waals surface area (Å²) in [5.74, 6) is -1.25. The lowest BCUT2D eigenvalue weighted by atomic mass is 10.2. The van der Waals surface area contributed by atoms with E-state index >= 15 is 0 Å². The molecule has 2 amide bonds. The van der Waals surface area contributed by atoms with Crippen molar-refractivity contribution in [1.82, 2.24) is 15.5 Å². The van der Waals surface area contributed by atoms with E-state index in [4.69, 9.17) is 5.11 Å². The zero-order valence-corrected chi connectivity index (χ0v) is 10.6. The molecular formula is C11H21N3O4. The number of nitrogens with one attached hydrogen (secondary N) is 2. The lowest BCUT2D eigenvalue weighted by molar-refractivity contribution is -0.141. The van der Waals surface area contributed by atoms with Crippen LogP contribution in [0.5, 0.6) is 0 Å². The van der Waals surface area contributed by atoms with Gasteiger partial charge >= 0.3 is 12.0 Å². The number of carbonyl (C=O) groups excluding carboxylic acids is 1. The Labute approximate surface area is 106 Å². The molecule has 1 aliphatic heterocycles. The van der Waals surface area contributed by atoms with Crippen molar-refractivity contribution < 1.29 is 19.8 Å². The molecule has 18 heavy (non-hydrogen) atoms. The van der Waals surface area contributed by atoms with Crippen LogP contribution in [0.2, 0.25) is 0 Å². The second kappa shape index (κ2) is 7.17. The summed E-state index contributed by atoms with van der Waals surface area (Å²) in [5.41, 5.74) is 0. The van der Waals surface area contributed by atoms with Crippen LogP contribution in [0, 0.1) is 0 Å². The lowest BCUT2D eigenvalue weighted by Crippen LogP contribution is -2.51. The Morgan fingerprint density at radius 3 is 2.44 bits per heavy atom. The summed E-state index contributed by atoms with van der Waals surface area (Å²) in [7, 11) is 0.